The quantitative estimate of drug-likeness (QED) is 0.915. The van der Waals surface area contributed by atoms with E-state index in [1.807, 2.05) is 35.2 Å². The number of hydrogen-bond acceptors (Lipinski definition) is 3. The molecule has 3 unspecified atom stereocenters. The molecule has 1 aromatic rings. The number of morpholine rings is 1. The Morgan fingerprint density at radius 1 is 1.35 bits per heavy atom. The van der Waals surface area contributed by atoms with E-state index in [0.717, 1.165) is 24.8 Å². The molecule has 1 saturated heterocycles. The Hall–Kier alpha value is -1.39. The summed E-state index contributed by atoms with van der Waals surface area (Å²) in [5, 5.41) is 0. The molecule has 1 aliphatic carbocycles. The molecule has 108 valence electrons. The summed E-state index contributed by atoms with van der Waals surface area (Å²) in [6.45, 7) is 1.37. The molecule has 20 heavy (non-hydrogen) atoms. The Kier molecular flexibility index (Phi) is 4.03. The molecule has 0 spiro atoms. The zero-order valence-electron chi connectivity index (χ0n) is 11.7. The van der Waals surface area contributed by atoms with Crippen molar-refractivity contribution in [3.8, 4) is 0 Å². The van der Waals surface area contributed by atoms with Crippen LogP contribution in [-0.2, 0) is 9.53 Å². The van der Waals surface area contributed by atoms with Crippen molar-refractivity contribution in [1.29, 1.82) is 0 Å². The first kappa shape index (κ1) is 13.6. The Morgan fingerprint density at radius 3 is 2.95 bits per heavy atom. The average molecular weight is 274 g/mol. The van der Waals surface area contributed by atoms with Gasteiger partial charge in [0.25, 0.3) is 0 Å². The lowest BCUT2D eigenvalue weighted by molar-refractivity contribution is -0.144. The van der Waals surface area contributed by atoms with E-state index in [1.54, 1.807) is 0 Å². The summed E-state index contributed by atoms with van der Waals surface area (Å²) in [7, 11) is 0. The van der Waals surface area contributed by atoms with Crippen LogP contribution in [0.4, 0.5) is 0 Å². The lowest BCUT2D eigenvalue weighted by Crippen LogP contribution is -2.51. The molecule has 2 fully saturated rings. The molecule has 1 aliphatic heterocycles. The summed E-state index contributed by atoms with van der Waals surface area (Å²) in [6.07, 6.45) is 3.94. The number of hydrogen-bond donors (Lipinski definition) is 1. The molecule has 0 radical (unpaired) electrons. The van der Waals surface area contributed by atoms with Crippen molar-refractivity contribution >= 4 is 5.91 Å². The summed E-state index contributed by atoms with van der Waals surface area (Å²) in [5.41, 5.74) is 7.19. The Bertz CT molecular complexity index is 463. The number of carbonyl (C=O) groups excluding carboxylic acids is 1. The smallest absolute Gasteiger partial charge is 0.224 e. The van der Waals surface area contributed by atoms with Gasteiger partial charge in [-0.2, -0.15) is 0 Å². The first-order chi connectivity index (χ1) is 9.75. The van der Waals surface area contributed by atoms with E-state index in [2.05, 4.69) is 0 Å². The molecular formula is C16H22N2O2. The highest BCUT2D eigenvalue weighted by Crippen LogP contribution is 2.30. The zero-order chi connectivity index (χ0) is 13.9. The molecule has 1 saturated carbocycles. The maximum Gasteiger partial charge on any atom is 0.224 e. The Morgan fingerprint density at radius 2 is 2.15 bits per heavy atom. The summed E-state index contributed by atoms with van der Waals surface area (Å²) >= 11 is 0. The highest BCUT2D eigenvalue weighted by atomic mass is 16.5. The predicted molar refractivity (Wildman–Crippen MR) is 77.1 cm³/mol. The van der Waals surface area contributed by atoms with Gasteiger partial charge in [0.1, 0.15) is 0 Å². The van der Waals surface area contributed by atoms with Crippen LogP contribution in [0.1, 0.15) is 37.3 Å². The number of nitrogens with zero attached hydrogens (tertiary/aromatic N) is 1. The van der Waals surface area contributed by atoms with Gasteiger partial charge in [-0.3, -0.25) is 4.79 Å². The van der Waals surface area contributed by atoms with Crippen LogP contribution >= 0.6 is 0 Å². The second-order valence-electron chi connectivity index (χ2n) is 5.72. The largest absolute Gasteiger partial charge is 0.374 e. The third kappa shape index (κ3) is 2.72. The second kappa shape index (κ2) is 5.94. The molecule has 1 amide bonds. The molecule has 2 aliphatic rings. The van der Waals surface area contributed by atoms with Crippen LogP contribution in [0.5, 0.6) is 0 Å². The van der Waals surface area contributed by atoms with Gasteiger partial charge in [-0.25, -0.2) is 0 Å². The van der Waals surface area contributed by atoms with E-state index in [1.165, 1.54) is 0 Å². The first-order valence-corrected chi connectivity index (χ1v) is 7.47. The highest BCUT2D eigenvalue weighted by molar-refractivity contribution is 5.77. The molecule has 1 aromatic carbocycles. The maximum absolute atomic E-state index is 12.5. The minimum atomic E-state index is -0.216. The van der Waals surface area contributed by atoms with E-state index >= 15 is 0 Å². The average Bonchev–Trinajstić information content (AvgIpc) is 2.96. The number of amides is 1. The predicted octanol–water partition coefficient (Wildman–Crippen LogP) is 1.86. The number of carbonyl (C=O) groups is 1. The standard InChI is InChI=1S/C16H22N2O2/c17-13(12-5-2-1-3-6-12)11-16(19)18-9-10-20-15-8-4-7-14(15)18/h1-3,5-6,13-15H,4,7-11,17H2. The molecule has 4 nitrogen and oxygen atoms in total. The minimum Gasteiger partial charge on any atom is -0.374 e. The molecular weight excluding hydrogens is 252 g/mol. The van der Waals surface area contributed by atoms with E-state index in [-0.39, 0.29) is 24.1 Å². The molecule has 0 bridgehead atoms. The van der Waals surface area contributed by atoms with E-state index < -0.39 is 0 Å². The Balaban J connectivity index is 1.64. The van der Waals surface area contributed by atoms with E-state index in [9.17, 15) is 4.79 Å². The fourth-order valence-electron chi connectivity index (χ4n) is 3.36. The third-order valence-electron chi connectivity index (χ3n) is 4.42. The molecule has 1 heterocycles. The van der Waals surface area contributed by atoms with Gasteiger partial charge < -0.3 is 15.4 Å². The van der Waals surface area contributed by atoms with E-state index in [0.29, 0.717) is 19.6 Å². The van der Waals surface area contributed by atoms with Crippen molar-refractivity contribution < 1.29 is 9.53 Å². The Labute approximate surface area is 119 Å². The van der Waals surface area contributed by atoms with Crippen molar-refractivity contribution in [3.05, 3.63) is 35.9 Å². The fraction of sp³-hybridized carbons (Fsp3) is 0.562. The van der Waals surface area contributed by atoms with Gasteiger partial charge in [0, 0.05) is 19.0 Å². The molecule has 3 atom stereocenters. The van der Waals surface area contributed by atoms with Crippen LogP contribution in [0.15, 0.2) is 30.3 Å². The third-order valence-corrected chi connectivity index (χ3v) is 4.42. The number of fused-ring (bicyclic) bond motifs is 1. The van der Waals surface area contributed by atoms with Crippen molar-refractivity contribution in [2.45, 2.75) is 43.9 Å². The summed E-state index contributed by atoms with van der Waals surface area (Å²) in [5.74, 6) is 0.168. The van der Waals surface area contributed by atoms with Crippen molar-refractivity contribution in [2.75, 3.05) is 13.2 Å². The van der Waals surface area contributed by atoms with Gasteiger partial charge in [-0.15, -0.1) is 0 Å². The number of nitrogens with two attached hydrogens (primary N) is 1. The normalized spacial score (nSPS) is 27.1. The summed E-state index contributed by atoms with van der Waals surface area (Å²) < 4.78 is 5.75. The zero-order valence-corrected chi connectivity index (χ0v) is 11.7. The van der Waals surface area contributed by atoms with Gasteiger partial charge in [-0.05, 0) is 24.8 Å². The fourth-order valence-corrected chi connectivity index (χ4v) is 3.36. The van der Waals surface area contributed by atoms with Crippen LogP contribution < -0.4 is 5.73 Å². The van der Waals surface area contributed by atoms with Crippen LogP contribution in [0.3, 0.4) is 0 Å². The summed E-state index contributed by atoms with van der Waals surface area (Å²) in [6, 6.07) is 9.91. The van der Waals surface area contributed by atoms with Crippen molar-refractivity contribution in [2.24, 2.45) is 5.73 Å². The monoisotopic (exact) mass is 274 g/mol. The minimum absolute atomic E-state index is 0.168. The second-order valence-corrected chi connectivity index (χ2v) is 5.72. The van der Waals surface area contributed by atoms with Crippen molar-refractivity contribution in [1.82, 2.24) is 4.90 Å². The van der Waals surface area contributed by atoms with Gasteiger partial charge in [0.15, 0.2) is 0 Å². The molecule has 2 N–H and O–H groups in total. The number of ether oxygens (including phenoxy) is 1. The summed E-state index contributed by atoms with van der Waals surface area (Å²) in [4.78, 5) is 14.5. The lowest BCUT2D eigenvalue weighted by Gasteiger charge is -2.38. The molecule has 0 aromatic heterocycles. The molecule has 3 rings (SSSR count). The maximum atomic E-state index is 12.5. The lowest BCUT2D eigenvalue weighted by atomic mass is 10.0. The van der Waals surface area contributed by atoms with Gasteiger partial charge in [-0.1, -0.05) is 30.3 Å². The molecule has 4 heteroatoms. The topological polar surface area (TPSA) is 55.6 Å². The number of benzene rings is 1. The SMILES string of the molecule is NC(CC(=O)N1CCOC2CCCC21)c1ccccc1. The van der Waals surface area contributed by atoms with Crippen LogP contribution in [0, 0.1) is 0 Å². The van der Waals surface area contributed by atoms with Gasteiger partial charge >= 0.3 is 0 Å². The van der Waals surface area contributed by atoms with Crippen molar-refractivity contribution in [3.63, 3.8) is 0 Å². The van der Waals surface area contributed by atoms with Crippen LogP contribution in [0.25, 0.3) is 0 Å². The highest BCUT2D eigenvalue weighted by Gasteiger charge is 2.38. The van der Waals surface area contributed by atoms with E-state index in [4.69, 9.17) is 10.5 Å². The number of rotatable bonds is 3. The van der Waals surface area contributed by atoms with Crippen LogP contribution in [-0.4, -0.2) is 36.1 Å². The van der Waals surface area contributed by atoms with Gasteiger partial charge in [0.2, 0.25) is 5.91 Å². The first-order valence-electron chi connectivity index (χ1n) is 7.47. The van der Waals surface area contributed by atoms with Gasteiger partial charge in [0.05, 0.1) is 18.8 Å². The van der Waals surface area contributed by atoms with Crippen LogP contribution in [0.2, 0.25) is 0 Å².